The van der Waals surface area contributed by atoms with Crippen LogP contribution < -0.4 is 27.1 Å². The molecule has 0 aliphatic rings. The van der Waals surface area contributed by atoms with Crippen molar-refractivity contribution in [3.8, 4) is 51.7 Å². The predicted octanol–water partition coefficient (Wildman–Crippen LogP) is 11.8. The molecule has 15 heteroatoms. The summed E-state index contributed by atoms with van der Waals surface area (Å²) in [7, 11) is -10.2. The largest absolute Gasteiger partial charge is 0.508 e. The molecule has 6 rings (SSSR count). The van der Waals surface area contributed by atoms with Gasteiger partial charge in [0.25, 0.3) is 0 Å². The Kier molecular flexibility index (Phi) is 11.7. The predicted molar refractivity (Wildman–Crippen MR) is 207 cm³/mol. The Bertz CT molecular complexity index is 2160. The van der Waals surface area contributed by atoms with Gasteiger partial charge < -0.3 is 42.5 Å². The molecule has 0 aliphatic carbocycles. The summed E-state index contributed by atoms with van der Waals surface area (Å²) in [4.78, 5) is 0. The summed E-state index contributed by atoms with van der Waals surface area (Å²) < 4.78 is 54.7. The van der Waals surface area contributed by atoms with E-state index in [9.17, 15) is 15.3 Å². The molecule has 0 aromatic heterocycles. The third-order valence-corrected chi connectivity index (χ3v) is 14.4. The molecule has 1 unspecified atom stereocenters. The first-order valence-electron chi connectivity index (χ1n) is 16.1. The van der Waals surface area contributed by atoms with Gasteiger partial charge in [-0.2, -0.15) is 0 Å². The zero-order chi connectivity index (χ0) is 37.2. The van der Waals surface area contributed by atoms with Crippen molar-refractivity contribution in [3.05, 3.63) is 164 Å². The fourth-order valence-corrected chi connectivity index (χ4v) is 12.2. The normalized spacial score (nSPS) is 12.3. The Morgan fingerprint density at radius 3 is 0.962 bits per heavy atom. The second kappa shape index (κ2) is 16.7. The Labute approximate surface area is 307 Å². The highest BCUT2D eigenvalue weighted by Crippen LogP contribution is 2.70. The minimum Gasteiger partial charge on any atom is -0.508 e. The fourth-order valence-electron chi connectivity index (χ4n) is 4.60. The van der Waals surface area contributed by atoms with Gasteiger partial charge in [0, 0.05) is 13.7 Å². The van der Waals surface area contributed by atoms with Crippen LogP contribution in [0, 0.1) is 0 Å². The van der Waals surface area contributed by atoms with Gasteiger partial charge in [-0.3, -0.25) is 0 Å². The monoisotopic (exact) mass is 771 g/mol. The highest BCUT2D eigenvalue weighted by Gasteiger charge is 2.39. The number of aromatic hydroxyl groups is 3. The van der Waals surface area contributed by atoms with E-state index in [0.717, 1.165) is 0 Å². The molecule has 3 N–H and O–H groups in total. The summed E-state index contributed by atoms with van der Waals surface area (Å²) in [6.45, 7) is 1.71. The van der Waals surface area contributed by atoms with Crippen LogP contribution >= 0.6 is 22.8 Å². The number of para-hydroxylation sites is 3. The molecule has 53 heavy (non-hydrogen) atoms. The molecule has 0 radical (unpaired) electrons. The molecule has 272 valence electrons. The molecule has 6 aromatic carbocycles. The van der Waals surface area contributed by atoms with E-state index in [-0.39, 0.29) is 34.5 Å². The van der Waals surface area contributed by atoms with Crippen molar-refractivity contribution in [3.63, 3.8) is 0 Å². The SMILES string of the molecule is CN=P(N=P(N=P(C)(Oc1ccccc1)Oc1ccccc1)(Oc1ccccc1)Oc1ccc(O)cc1)(Oc1ccc(O)cc1)Oc1ccc(O)cc1. The topological polar surface area (TPSA) is 153 Å². The zero-order valence-electron chi connectivity index (χ0n) is 28.6. The van der Waals surface area contributed by atoms with Gasteiger partial charge in [0.15, 0.2) is 0 Å². The van der Waals surface area contributed by atoms with Gasteiger partial charge in [-0.05, 0) is 109 Å². The van der Waals surface area contributed by atoms with Crippen LogP contribution in [0.15, 0.2) is 178 Å². The number of rotatable bonds is 14. The zero-order valence-corrected chi connectivity index (χ0v) is 31.2. The quantitative estimate of drug-likeness (QED) is 0.0918. The molecule has 0 spiro atoms. The van der Waals surface area contributed by atoms with E-state index >= 15 is 0 Å². The van der Waals surface area contributed by atoms with E-state index in [2.05, 4.69) is 4.74 Å². The summed E-state index contributed by atoms with van der Waals surface area (Å²) in [5.74, 6) is 2.05. The smallest absolute Gasteiger partial charge is 0.459 e. The second-order valence-electron chi connectivity index (χ2n) is 11.1. The summed E-state index contributed by atoms with van der Waals surface area (Å²) in [5, 5.41) is 30.2. The number of nitrogens with zero attached hydrogens (tertiary/aromatic N) is 3. The highest BCUT2D eigenvalue weighted by molar-refractivity contribution is 7.72. The maximum absolute atomic E-state index is 10.2. The average molecular weight is 772 g/mol. The first kappa shape index (κ1) is 37.0. The molecular formula is C38H36N3O9P3. The first-order chi connectivity index (χ1) is 25.6. The molecule has 0 bridgehead atoms. The van der Waals surface area contributed by atoms with E-state index in [0.29, 0.717) is 17.2 Å². The maximum Gasteiger partial charge on any atom is 0.459 e. The van der Waals surface area contributed by atoms with Crippen LogP contribution in [0.5, 0.6) is 51.7 Å². The molecule has 0 heterocycles. The summed E-state index contributed by atoms with van der Waals surface area (Å²) >= 11 is 0. The Balaban J connectivity index is 1.67. The molecular weight excluding hydrogens is 735 g/mol. The number of phenolic OH excluding ortho intramolecular Hbond substituents is 3. The maximum atomic E-state index is 10.2. The second-order valence-corrected chi connectivity index (χ2v) is 17.6. The van der Waals surface area contributed by atoms with Crippen LogP contribution in [-0.4, -0.2) is 29.0 Å². The van der Waals surface area contributed by atoms with Crippen molar-refractivity contribution in [2.45, 2.75) is 0 Å². The van der Waals surface area contributed by atoms with Gasteiger partial charge in [-0.15, -0.1) is 4.52 Å². The third-order valence-electron chi connectivity index (χ3n) is 6.94. The number of benzene rings is 6. The van der Waals surface area contributed by atoms with Crippen molar-refractivity contribution in [2.24, 2.45) is 13.8 Å². The summed E-state index contributed by atoms with van der Waals surface area (Å²) in [6.07, 6.45) is 0. The van der Waals surface area contributed by atoms with Crippen LogP contribution in [0.1, 0.15) is 0 Å². The fraction of sp³-hybridized carbons (Fsp3) is 0.0526. The van der Waals surface area contributed by atoms with Crippen LogP contribution in [-0.2, 0) is 0 Å². The van der Waals surface area contributed by atoms with Crippen LogP contribution in [0.2, 0.25) is 0 Å². The van der Waals surface area contributed by atoms with Gasteiger partial charge in [0.1, 0.15) is 51.7 Å². The van der Waals surface area contributed by atoms with E-state index in [1.165, 1.54) is 67.7 Å². The lowest BCUT2D eigenvalue weighted by Gasteiger charge is -2.29. The minimum absolute atomic E-state index is 0.00744. The molecule has 0 saturated carbocycles. The summed E-state index contributed by atoms with van der Waals surface area (Å²) in [5.41, 5.74) is 0. The number of phenols is 3. The summed E-state index contributed by atoms with van der Waals surface area (Å²) in [6, 6.07) is 44.9. The van der Waals surface area contributed by atoms with E-state index in [1.807, 2.05) is 42.5 Å². The molecule has 6 aromatic rings. The van der Waals surface area contributed by atoms with Gasteiger partial charge in [0.2, 0.25) is 0 Å². The number of hydrogen-bond donors (Lipinski definition) is 3. The average Bonchev–Trinajstić information content (AvgIpc) is 3.15. The minimum atomic E-state index is -4.21. The lowest BCUT2D eigenvalue weighted by atomic mass is 10.3. The Hall–Kier alpha value is -5.79. The van der Waals surface area contributed by atoms with Crippen LogP contribution in [0.25, 0.3) is 0 Å². The van der Waals surface area contributed by atoms with E-state index in [1.54, 1.807) is 67.3 Å². The van der Waals surface area contributed by atoms with Crippen molar-refractivity contribution >= 4 is 22.8 Å². The van der Waals surface area contributed by atoms with Crippen LogP contribution in [0.3, 0.4) is 0 Å². The van der Waals surface area contributed by atoms with Gasteiger partial charge in [0.05, 0.1) is 0 Å². The lowest BCUT2D eigenvalue weighted by Crippen LogP contribution is -2.07. The molecule has 0 saturated heterocycles. The van der Waals surface area contributed by atoms with Crippen molar-refractivity contribution in [1.82, 2.24) is 0 Å². The van der Waals surface area contributed by atoms with Gasteiger partial charge >= 0.3 is 22.8 Å². The molecule has 0 fully saturated rings. The van der Waals surface area contributed by atoms with E-state index < -0.39 is 22.8 Å². The van der Waals surface area contributed by atoms with Crippen molar-refractivity contribution in [1.29, 1.82) is 0 Å². The molecule has 0 amide bonds. The molecule has 12 nitrogen and oxygen atoms in total. The molecule has 1 atom stereocenters. The first-order valence-corrected chi connectivity index (χ1v) is 21.2. The van der Waals surface area contributed by atoms with Crippen molar-refractivity contribution < 1.29 is 42.5 Å². The molecule has 0 aliphatic heterocycles. The van der Waals surface area contributed by atoms with Crippen molar-refractivity contribution in [2.75, 3.05) is 13.7 Å². The van der Waals surface area contributed by atoms with Crippen LogP contribution in [0.4, 0.5) is 0 Å². The Morgan fingerprint density at radius 1 is 0.358 bits per heavy atom. The lowest BCUT2D eigenvalue weighted by molar-refractivity contribution is 0.449. The third kappa shape index (κ3) is 10.4. The standard InChI is InChI=1S/C38H36N3O9P3/c1-39-52(47-36-24-18-30(42)19-25-36,48-37-26-20-31(43)21-27-37)41-53(49-35-16-10-5-11-17-35,50-38-28-22-32(44)23-29-38)40-51(2,45-33-12-6-3-7-13-33)46-34-14-8-4-9-15-34/h3-29,42-44H,1-2H3. The van der Waals surface area contributed by atoms with Gasteiger partial charge in [-0.25, -0.2) is 4.74 Å². The van der Waals surface area contributed by atoms with Gasteiger partial charge in [-0.1, -0.05) is 59.1 Å². The Morgan fingerprint density at radius 2 is 0.642 bits per heavy atom. The van der Waals surface area contributed by atoms with E-state index in [4.69, 9.17) is 36.2 Å². The highest BCUT2D eigenvalue weighted by atomic mass is 31.3. The number of hydrogen-bond acceptors (Lipinski definition) is 10.